The number of nitrogens with zero attached hydrogens (tertiary/aromatic N) is 5. The van der Waals surface area contributed by atoms with E-state index >= 15 is 0 Å². The number of hydrogen-bond acceptors (Lipinski definition) is 8. The molecule has 0 saturated heterocycles. The van der Waals surface area contributed by atoms with Crippen molar-refractivity contribution in [1.82, 2.24) is 25.3 Å². The third kappa shape index (κ3) is 5.91. The number of nitrogens with one attached hydrogen (secondary N) is 2. The normalized spacial score (nSPS) is 17.6. The molecule has 2 N–H and O–H groups in total. The summed E-state index contributed by atoms with van der Waals surface area (Å²) in [6, 6.07) is 5.36. The summed E-state index contributed by atoms with van der Waals surface area (Å²) in [6.45, 7) is 2.00. The predicted molar refractivity (Wildman–Crippen MR) is 132 cm³/mol. The summed E-state index contributed by atoms with van der Waals surface area (Å²) in [5.74, 6) is 1.96. The number of aryl methyl sites for hydroxylation is 1. The van der Waals surface area contributed by atoms with Gasteiger partial charge in [-0.15, -0.1) is 0 Å². The van der Waals surface area contributed by atoms with E-state index in [1.54, 1.807) is 24.4 Å². The Morgan fingerprint density at radius 1 is 1.12 bits per heavy atom. The van der Waals surface area contributed by atoms with Crippen molar-refractivity contribution >= 4 is 29.3 Å². The van der Waals surface area contributed by atoms with E-state index in [9.17, 15) is 4.79 Å². The van der Waals surface area contributed by atoms with Gasteiger partial charge in [-0.05, 0) is 44.7 Å². The molecule has 1 aliphatic rings. The van der Waals surface area contributed by atoms with Crippen molar-refractivity contribution in [2.24, 2.45) is 0 Å². The lowest BCUT2D eigenvalue weighted by atomic mass is 9.91. The molecule has 3 heterocycles. The molecule has 34 heavy (non-hydrogen) atoms. The van der Waals surface area contributed by atoms with E-state index in [1.165, 1.54) is 12.4 Å². The Bertz CT molecular complexity index is 1150. The van der Waals surface area contributed by atoms with Crippen LogP contribution in [-0.2, 0) is 0 Å². The van der Waals surface area contributed by atoms with Gasteiger partial charge in [0, 0.05) is 56.4 Å². The van der Waals surface area contributed by atoms with Crippen LogP contribution in [0.1, 0.15) is 41.6 Å². The Hall–Kier alpha value is -3.46. The fourth-order valence-corrected chi connectivity index (χ4v) is 4.15. The number of aromatic nitrogens is 4. The number of carbonyl (C=O) groups excluding carboxylic acids is 1. The average molecular weight is 482 g/mol. The van der Waals surface area contributed by atoms with Gasteiger partial charge in [-0.1, -0.05) is 11.6 Å². The zero-order chi connectivity index (χ0) is 24.1. The number of rotatable bonds is 7. The van der Waals surface area contributed by atoms with Gasteiger partial charge in [0.1, 0.15) is 17.1 Å². The second-order valence-electron chi connectivity index (χ2n) is 8.56. The summed E-state index contributed by atoms with van der Waals surface area (Å²) in [4.78, 5) is 32.2. The maximum Gasteiger partial charge on any atom is 0.257 e. The summed E-state index contributed by atoms with van der Waals surface area (Å²) in [6.07, 6.45) is 9.97. The molecule has 1 amide bonds. The van der Waals surface area contributed by atoms with Crippen molar-refractivity contribution in [2.75, 3.05) is 24.3 Å². The minimum Gasteiger partial charge on any atom is -0.436 e. The number of carbonyl (C=O) groups is 1. The van der Waals surface area contributed by atoms with Crippen LogP contribution in [0.2, 0.25) is 5.02 Å². The Balaban J connectivity index is 1.33. The van der Waals surface area contributed by atoms with Crippen molar-refractivity contribution in [2.45, 2.75) is 44.7 Å². The maximum absolute atomic E-state index is 13.0. The van der Waals surface area contributed by atoms with Gasteiger partial charge in [0.15, 0.2) is 0 Å². The van der Waals surface area contributed by atoms with Crippen molar-refractivity contribution in [3.05, 3.63) is 59.1 Å². The van der Waals surface area contributed by atoms with E-state index in [0.29, 0.717) is 22.3 Å². The lowest BCUT2D eigenvalue weighted by Crippen LogP contribution is -2.40. The molecule has 1 aliphatic carbocycles. The molecular weight excluding hydrogens is 454 g/mol. The zero-order valence-electron chi connectivity index (χ0n) is 19.5. The molecular formula is C24H28ClN7O2. The van der Waals surface area contributed by atoms with Gasteiger partial charge in [-0.2, -0.15) is 4.98 Å². The van der Waals surface area contributed by atoms with Crippen LogP contribution in [0, 0.1) is 6.92 Å². The van der Waals surface area contributed by atoms with Crippen molar-refractivity contribution < 1.29 is 9.53 Å². The number of pyridine rings is 2. The monoisotopic (exact) mass is 481 g/mol. The standard InChI is InChI=1S/C24H28ClN7O2/c1-15-12-28-24(31-21(15)32(2)3)30-18-8-6-17(7-9-18)29-22(33)20-5-4-10-27-23(20)34-19-11-16(25)13-26-14-19/h4-5,10-14,17-18H,6-9H2,1-3H3,(H,29,33)(H,28,30,31). The van der Waals surface area contributed by atoms with Crippen molar-refractivity contribution in [3.63, 3.8) is 0 Å². The Kier molecular flexibility index (Phi) is 7.42. The van der Waals surface area contributed by atoms with Gasteiger partial charge in [-0.3, -0.25) is 9.78 Å². The second kappa shape index (κ2) is 10.6. The first kappa shape index (κ1) is 23.7. The number of ether oxygens (including phenoxy) is 1. The SMILES string of the molecule is Cc1cnc(NC2CCC(NC(=O)c3cccnc3Oc3cncc(Cl)c3)CC2)nc1N(C)C. The molecule has 10 heteroatoms. The lowest BCUT2D eigenvalue weighted by molar-refractivity contribution is 0.0923. The minimum absolute atomic E-state index is 0.0720. The quantitative estimate of drug-likeness (QED) is 0.516. The topological polar surface area (TPSA) is 105 Å². The van der Waals surface area contributed by atoms with E-state index in [1.807, 2.05) is 32.1 Å². The van der Waals surface area contributed by atoms with Crippen LogP contribution in [0.25, 0.3) is 0 Å². The van der Waals surface area contributed by atoms with Gasteiger partial charge in [0.25, 0.3) is 5.91 Å². The molecule has 1 fully saturated rings. The molecule has 0 bridgehead atoms. The summed E-state index contributed by atoms with van der Waals surface area (Å²) in [5, 5.41) is 7.01. The largest absolute Gasteiger partial charge is 0.436 e. The lowest BCUT2D eigenvalue weighted by Gasteiger charge is -2.30. The maximum atomic E-state index is 13.0. The number of hydrogen-bond donors (Lipinski definition) is 2. The van der Waals surface area contributed by atoms with Gasteiger partial charge >= 0.3 is 0 Å². The van der Waals surface area contributed by atoms with Crippen LogP contribution in [0.5, 0.6) is 11.6 Å². The van der Waals surface area contributed by atoms with Crippen LogP contribution >= 0.6 is 11.6 Å². The van der Waals surface area contributed by atoms with E-state index in [0.717, 1.165) is 37.1 Å². The summed E-state index contributed by atoms with van der Waals surface area (Å²) in [7, 11) is 3.94. The average Bonchev–Trinajstić information content (AvgIpc) is 2.82. The summed E-state index contributed by atoms with van der Waals surface area (Å²) in [5.41, 5.74) is 1.40. The van der Waals surface area contributed by atoms with Crippen LogP contribution in [0.4, 0.5) is 11.8 Å². The van der Waals surface area contributed by atoms with E-state index < -0.39 is 0 Å². The highest BCUT2D eigenvalue weighted by Gasteiger charge is 2.25. The molecule has 3 aromatic rings. The molecule has 0 aliphatic heterocycles. The molecule has 4 rings (SSSR count). The van der Waals surface area contributed by atoms with Crippen molar-refractivity contribution in [1.29, 1.82) is 0 Å². The number of amides is 1. The summed E-state index contributed by atoms with van der Waals surface area (Å²) >= 11 is 5.98. The molecule has 0 unspecified atom stereocenters. The first-order valence-corrected chi connectivity index (χ1v) is 11.6. The molecule has 0 aromatic carbocycles. The first-order valence-electron chi connectivity index (χ1n) is 11.2. The minimum atomic E-state index is -0.216. The highest BCUT2D eigenvalue weighted by Crippen LogP contribution is 2.26. The predicted octanol–water partition coefficient (Wildman–Crippen LogP) is 4.24. The third-order valence-electron chi connectivity index (χ3n) is 5.67. The van der Waals surface area contributed by atoms with Crippen LogP contribution in [0.3, 0.4) is 0 Å². The van der Waals surface area contributed by atoms with Crippen LogP contribution in [0.15, 0.2) is 43.0 Å². The smallest absolute Gasteiger partial charge is 0.257 e. The summed E-state index contributed by atoms with van der Waals surface area (Å²) < 4.78 is 5.77. The number of halogens is 1. The third-order valence-corrected chi connectivity index (χ3v) is 5.88. The molecule has 0 radical (unpaired) electrons. The fraction of sp³-hybridized carbons (Fsp3) is 0.375. The molecule has 0 spiro atoms. The van der Waals surface area contributed by atoms with Crippen molar-refractivity contribution in [3.8, 4) is 11.6 Å². The molecule has 178 valence electrons. The highest BCUT2D eigenvalue weighted by atomic mass is 35.5. The van der Waals surface area contributed by atoms with Crippen LogP contribution < -0.4 is 20.3 Å². The van der Waals surface area contributed by atoms with Gasteiger partial charge in [0.05, 0.1) is 11.2 Å². The van der Waals surface area contributed by atoms with Gasteiger partial charge in [0.2, 0.25) is 11.8 Å². The Labute approximate surface area is 204 Å². The molecule has 0 atom stereocenters. The molecule has 1 saturated carbocycles. The molecule has 3 aromatic heterocycles. The van der Waals surface area contributed by atoms with E-state index in [4.69, 9.17) is 16.3 Å². The van der Waals surface area contributed by atoms with E-state index in [-0.39, 0.29) is 23.9 Å². The van der Waals surface area contributed by atoms with Gasteiger partial charge < -0.3 is 20.3 Å². The number of anilines is 2. The molecule has 9 nitrogen and oxygen atoms in total. The Morgan fingerprint density at radius 2 is 1.88 bits per heavy atom. The fourth-order valence-electron chi connectivity index (χ4n) is 3.99. The van der Waals surface area contributed by atoms with E-state index in [2.05, 4.69) is 30.6 Å². The zero-order valence-corrected chi connectivity index (χ0v) is 20.2. The van der Waals surface area contributed by atoms with Gasteiger partial charge in [-0.25, -0.2) is 9.97 Å². The first-order chi connectivity index (χ1) is 16.4. The van der Waals surface area contributed by atoms with Crippen LogP contribution in [-0.4, -0.2) is 52.0 Å². The second-order valence-corrected chi connectivity index (χ2v) is 8.99. The highest BCUT2D eigenvalue weighted by molar-refractivity contribution is 6.30. The Morgan fingerprint density at radius 3 is 2.62 bits per heavy atom.